The number of carbonyl (C=O) groups excluding carboxylic acids is 1. The minimum Gasteiger partial charge on any atom is -0.490 e. The van der Waals surface area contributed by atoms with Crippen molar-refractivity contribution < 1.29 is 9.53 Å². The highest BCUT2D eigenvalue weighted by Gasteiger charge is 2.26. The molecule has 1 amide bonds. The van der Waals surface area contributed by atoms with Crippen LogP contribution in [0.4, 0.5) is 5.69 Å². The van der Waals surface area contributed by atoms with Gasteiger partial charge >= 0.3 is 0 Å². The fraction of sp³-hybridized carbons (Fsp3) is 0.333. The highest BCUT2D eigenvalue weighted by Crippen LogP contribution is 2.33. The van der Waals surface area contributed by atoms with Crippen molar-refractivity contribution in [2.45, 2.75) is 13.3 Å². The first-order valence-electron chi connectivity index (χ1n) is 6.89. The Morgan fingerprint density at radius 1 is 1.50 bits per heavy atom. The summed E-state index contributed by atoms with van der Waals surface area (Å²) in [6.07, 6.45) is 0.705. The van der Waals surface area contributed by atoms with Crippen LogP contribution in [0, 0.1) is 6.92 Å². The molecule has 7 heteroatoms. The molecule has 118 valence electrons. The lowest BCUT2D eigenvalue weighted by molar-refractivity contribution is 0.0972. The molecule has 22 heavy (non-hydrogen) atoms. The zero-order valence-corrected chi connectivity index (χ0v) is 13.9. The number of hydrogen-bond acceptors (Lipinski definition) is 5. The molecule has 1 aliphatic heterocycles. The van der Waals surface area contributed by atoms with Crippen LogP contribution >= 0.6 is 23.7 Å². The maximum atomic E-state index is 12.6. The van der Waals surface area contributed by atoms with Gasteiger partial charge in [0.25, 0.3) is 5.91 Å². The predicted molar refractivity (Wildman–Crippen MR) is 90.5 cm³/mol. The summed E-state index contributed by atoms with van der Waals surface area (Å²) in [6.45, 7) is 3.59. The summed E-state index contributed by atoms with van der Waals surface area (Å²) in [4.78, 5) is 18.8. The fourth-order valence-corrected chi connectivity index (χ4v) is 3.11. The lowest BCUT2D eigenvalue weighted by Crippen LogP contribution is -2.38. The van der Waals surface area contributed by atoms with Gasteiger partial charge in [-0.05, 0) is 31.2 Å². The molecular weight excluding hydrogens is 322 g/mol. The Bertz CT molecular complexity index is 675. The summed E-state index contributed by atoms with van der Waals surface area (Å²) in [5, 5.41) is 2.70. The number of benzene rings is 1. The van der Waals surface area contributed by atoms with Crippen LogP contribution in [0.3, 0.4) is 0 Å². The van der Waals surface area contributed by atoms with E-state index in [9.17, 15) is 4.79 Å². The van der Waals surface area contributed by atoms with Gasteiger partial charge < -0.3 is 15.4 Å². The second-order valence-corrected chi connectivity index (χ2v) is 5.88. The molecule has 0 bridgehead atoms. The molecule has 0 fully saturated rings. The molecule has 3 rings (SSSR count). The van der Waals surface area contributed by atoms with Crippen LogP contribution in [0.25, 0.3) is 0 Å². The number of nitrogens with zero attached hydrogens (tertiary/aromatic N) is 2. The number of aryl methyl sites for hydroxylation is 1. The van der Waals surface area contributed by atoms with E-state index in [1.807, 2.05) is 25.1 Å². The molecule has 1 aromatic carbocycles. The third kappa shape index (κ3) is 3.24. The largest absolute Gasteiger partial charge is 0.490 e. The van der Waals surface area contributed by atoms with E-state index in [-0.39, 0.29) is 18.3 Å². The number of anilines is 1. The smallest absolute Gasteiger partial charge is 0.277 e. The van der Waals surface area contributed by atoms with E-state index < -0.39 is 0 Å². The van der Waals surface area contributed by atoms with Crippen LogP contribution in [-0.4, -0.2) is 30.6 Å². The summed E-state index contributed by atoms with van der Waals surface area (Å²) in [6, 6.07) is 5.86. The van der Waals surface area contributed by atoms with Gasteiger partial charge in [0.2, 0.25) is 0 Å². The minimum atomic E-state index is -0.0806. The summed E-state index contributed by atoms with van der Waals surface area (Å²) < 4.78 is 5.64. The molecule has 0 spiro atoms. The highest BCUT2D eigenvalue weighted by molar-refractivity contribution is 7.09. The number of rotatable bonds is 3. The molecule has 2 N–H and O–H groups in total. The summed E-state index contributed by atoms with van der Waals surface area (Å²) in [7, 11) is 0. The first kappa shape index (κ1) is 16.7. The van der Waals surface area contributed by atoms with Crippen molar-refractivity contribution in [2.75, 3.05) is 24.6 Å². The number of hydrogen-bond donors (Lipinski definition) is 1. The predicted octanol–water partition coefficient (Wildman–Crippen LogP) is 2.41. The van der Waals surface area contributed by atoms with Crippen molar-refractivity contribution in [3.63, 3.8) is 0 Å². The Kier molecular flexibility index (Phi) is 5.39. The molecule has 2 heterocycles. The van der Waals surface area contributed by atoms with Gasteiger partial charge in [0.1, 0.15) is 18.1 Å². The topological polar surface area (TPSA) is 68.5 Å². The van der Waals surface area contributed by atoms with Crippen LogP contribution in [0.1, 0.15) is 21.1 Å². The van der Waals surface area contributed by atoms with Crippen LogP contribution in [0.5, 0.6) is 5.75 Å². The number of aromatic nitrogens is 1. The van der Waals surface area contributed by atoms with Crippen molar-refractivity contribution in [3.8, 4) is 5.75 Å². The van der Waals surface area contributed by atoms with Gasteiger partial charge in [-0.15, -0.1) is 23.7 Å². The van der Waals surface area contributed by atoms with Crippen LogP contribution in [0.2, 0.25) is 0 Å². The van der Waals surface area contributed by atoms with E-state index in [1.54, 1.807) is 10.3 Å². The second kappa shape index (κ2) is 7.09. The number of ether oxygens (including phenoxy) is 1. The quantitative estimate of drug-likeness (QED) is 0.932. The lowest BCUT2D eigenvalue weighted by atomic mass is 10.1. The molecule has 0 saturated carbocycles. The molecule has 1 aromatic heterocycles. The van der Waals surface area contributed by atoms with E-state index in [2.05, 4.69) is 4.98 Å². The Balaban J connectivity index is 0.00000176. The van der Waals surface area contributed by atoms with Gasteiger partial charge in [-0.25, -0.2) is 4.98 Å². The first-order valence-corrected chi connectivity index (χ1v) is 7.77. The number of halogens is 1. The zero-order valence-electron chi connectivity index (χ0n) is 12.2. The standard InChI is InChI=1S/C15H17N3O2S.ClH/c1-10-2-3-12-13(8-10)20-7-6-18(12)15(19)11-9-21-14(17-11)4-5-16;/h2-3,8-9H,4-7,16H2,1H3;1H. The van der Waals surface area contributed by atoms with E-state index in [0.717, 1.165) is 22.0 Å². The van der Waals surface area contributed by atoms with E-state index in [0.29, 0.717) is 31.8 Å². The lowest BCUT2D eigenvalue weighted by Gasteiger charge is -2.29. The molecule has 0 radical (unpaired) electrons. The number of amides is 1. The van der Waals surface area contributed by atoms with Crippen molar-refractivity contribution >= 4 is 35.3 Å². The van der Waals surface area contributed by atoms with Crippen LogP contribution in [0.15, 0.2) is 23.6 Å². The summed E-state index contributed by atoms with van der Waals surface area (Å²) in [5.74, 6) is 0.676. The number of thiazole rings is 1. The average Bonchev–Trinajstić information content (AvgIpc) is 2.94. The molecule has 0 unspecified atom stereocenters. The Labute approximate surface area is 139 Å². The number of nitrogens with two attached hydrogens (primary N) is 1. The molecule has 0 aliphatic carbocycles. The van der Waals surface area contributed by atoms with Gasteiger partial charge in [0, 0.05) is 11.8 Å². The second-order valence-electron chi connectivity index (χ2n) is 4.94. The van der Waals surface area contributed by atoms with E-state index in [4.69, 9.17) is 10.5 Å². The van der Waals surface area contributed by atoms with Gasteiger partial charge in [0.05, 0.1) is 17.2 Å². The number of fused-ring (bicyclic) bond motifs is 1. The van der Waals surface area contributed by atoms with Gasteiger partial charge in [-0.3, -0.25) is 4.79 Å². The summed E-state index contributed by atoms with van der Waals surface area (Å²) in [5.41, 5.74) is 7.93. The Morgan fingerprint density at radius 2 is 2.32 bits per heavy atom. The summed E-state index contributed by atoms with van der Waals surface area (Å²) >= 11 is 1.48. The third-order valence-corrected chi connectivity index (χ3v) is 4.26. The van der Waals surface area contributed by atoms with Gasteiger partial charge in [0.15, 0.2) is 0 Å². The normalized spacial score (nSPS) is 13.1. The first-order chi connectivity index (χ1) is 10.2. The van der Waals surface area contributed by atoms with Gasteiger partial charge in [-0.2, -0.15) is 0 Å². The van der Waals surface area contributed by atoms with Crippen molar-refractivity contribution in [2.24, 2.45) is 5.73 Å². The molecule has 0 atom stereocenters. The van der Waals surface area contributed by atoms with Crippen molar-refractivity contribution in [3.05, 3.63) is 39.8 Å². The minimum absolute atomic E-state index is 0. The van der Waals surface area contributed by atoms with Crippen LogP contribution < -0.4 is 15.4 Å². The van der Waals surface area contributed by atoms with E-state index in [1.165, 1.54) is 11.3 Å². The maximum absolute atomic E-state index is 12.6. The van der Waals surface area contributed by atoms with E-state index >= 15 is 0 Å². The van der Waals surface area contributed by atoms with Crippen molar-refractivity contribution in [1.29, 1.82) is 0 Å². The zero-order chi connectivity index (χ0) is 14.8. The van der Waals surface area contributed by atoms with Crippen molar-refractivity contribution in [1.82, 2.24) is 4.98 Å². The number of carbonyl (C=O) groups is 1. The molecule has 5 nitrogen and oxygen atoms in total. The highest BCUT2D eigenvalue weighted by atomic mass is 35.5. The molecule has 2 aromatic rings. The maximum Gasteiger partial charge on any atom is 0.277 e. The Morgan fingerprint density at radius 3 is 3.09 bits per heavy atom. The molecular formula is C15H18ClN3O2S. The van der Waals surface area contributed by atoms with Gasteiger partial charge in [-0.1, -0.05) is 6.07 Å². The fourth-order valence-electron chi connectivity index (χ4n) is 2.32. The third-order valence-electron chi connectivity index (χ3n) is 3.35. The monoisotopic (exact) mass is 339 g/mol. The van der Waals surface area contributed by atoms with Crippen LogP contribution in [-0.2, 0) is 6.42 Å². The Hall–Kier alpha value is -1.63. The average molecular weight is 340 g/mol. The molecule has 0 saturated heterocycles. The SMILES string of the molecule is Cc1ccc2c(c1)OCCN2C(=O)c1csc(CCN)n1.Cl. The molecule has 1 aliphatic rings.